The van der Waals surface area contributed by atoms with Crippen LogP contribution in [-0.4, -0.2) is 10.00 Å². The molecule has 0 aromatic carbocycles. The molecule has 0 N–H and O–H groups in total. The molecule has 0 aromatic rings. The monoisotopic (exact) mass is 223 g/mol. The molecule has 84 valence electrons. The summed E-state index contributed by atoms with van der Waals surface area (Å²) in [6, 6.07) is 2.63. The van der Waals surface area contributed by atoms with Crippen LogP contribution in [-0.2, 0) is 0 Å². The van der Waals surface area contributed by atoms with Crippen molar-refractivity contribution in [3.8, 4) is 6.07 Å². The predicted molar refractivity (Wildman–Crippen MR) is 65.9 cm³/mol. The summed E-state index contributed by atoms with van der Waals surface area (Å²) in [4.78, 5) is 0. The van der Waals surface area contributed by atoms with Gasteiger partial charge in [-0.25, -0.2) is 0 Å². The minimum atomic E-state index is 0.000255. The van der Waals surface area contributed by atoms with Crippen molar-refractivity contribution in [1.29, 1.82) is 5.26 Å². The van der Waals surface area contributed by atoms with E-state index in [2.05, 4.69) is 6.07 Å². The number of hydrogen-bond acceptors (Lipinski definition) is 2. The maximum Gasteiger partial charge on any atom is 0.103 e. The molecule has 2 saturated carbocycles. The van der Waals surface area contributed by atoms with Gasteiger partial charge in [0, 0.05) is 5.25 Å². The first-order valence-corrected chi connectivity index (χ1v) is 7.32. The van der Waals surface area contributed by atoms with Gasteiger partial charge in [-0.3, -0.25) is 0 Å². The Balaban J connectivity index is 1.91. The smallest absolute Gasteiger partial charge is 0.103 e. The second-order valence-corrected chi connectivity index (χ2v) is 6.73. The molecule has 0 saturated heterocycles. The van der Waals surface area contributed by atoms with Gasteiger partial charge >= 0.3 is 0 Å². The molecule has 1 nitrogen and oxygen atoms in total. The van der Waals surface area contributed by atoms with Gasteiger partial charge in [0.25, 0.3) is 0 Å². The summed E-state index contributed by atoms with van der Waals surface area (Å²) in [6.07, 6.45) is 13.1. The average molecular weight is 223 g/mol. The minimum absolute atomic E-state index is 0.000255. The molecule has 0 spiro atoms. The lowest BCUT2D eigenvalue weighted by molar-refractivity contribution is 0.450. The van der Waals surface area contributed by atoms with Crippen molar-refractivity contribution >= 4 is 11.8 Å². The second-order valence-electron chi connectivity index (χ2n) is 5.04. The van der Waals surface area contributed by atoms with Gasteiger partial charge in [0.1, 0.15) is 4.75 Å². The fourth-order valence-electron chi connectivity index (χ4n) is 2.88. The maximum atomic E-state index is 9.40. The summed E-state index contributed by atoms with van der Waals surface area (Å²) in [5, 5.41) is 10.2. The molecule has 2 aliphatic rings. The van der Waals surface area contributed by atoms with Crippen molar-refractivity contribution < 1.29 is 0 Å². The summed E-state index contributed by atoms with van der Waals surface area (Å²) in [7, 11) is 0. The van der Waals surface area contributed by atoms with Crippen LogP contribution in [0.15, 0.2) is 0 Å². The van der Waals surface area contributed by atoms with Crippen LogP contribution in [0.25, 0.3) is 0 Å². The van der Waals surface area contributed by atoms with Gasteiger partial charge in [-0.2, -0.15) is 5.26 Å². The van der Waals surface area contributed by atoms with Crippen molar-refractivity contribution in [2.24, 2.45) is 0 Å². The van der Waals surface area contributed by atoms with Crippen molar-refractivity contribution in [2.75, 3.05) is 0 Å². The standard InChI is InChI=1S/C13H21NS/c14-11-13(9-5-2-6-10-13)15-12-7-3-1-4-8-12/h12H,1-10H2. The van der Waals surface area contributed by atoms with Crippen LogP contribution in [0.3, 0.4) is 0 Å². The molecule has 2 rings (SSSR count). The van der Waals surface area contributed by atoms with Crippen LogP contribution < -0.4 is 0 Å². The summed E-state index contributed by atoms with van der Waals surface area (Å²) >= 11 is 2.03. The zero-order chi connectivity index (χ0) is 10.6. The largest absolute Gasteiger partial charge is 0.197 e. The Morgan fingerprint density at radius 1 is 0.933 bits per heavy atom. The topological polar surface area (TPSA) is 23.8 Å². The van der Waals surface area contributed by atoms with E-state index in [9.17, 15) is 5.26 Å². The summed E-state index contributed by atoms with van der Waals surface area (Å²) in [5.74, 6) is 0. The molecule has 0 radical (unpaired) electrons. The number of nitrogens with zero attached hydrogens (tertiary/aromatic N) is 1. The number of hydrogen-bond donors (Lipinski definition) is 0. The first-order chi connectivity index (χ1) is 7.35. The van der Waals surface area contributed by atoms with Crippen LogP contribution in [0.5, 0.6) is 0 Å². The van der Waals surface area contributed by atoms with Crippen LogP contribution in [0.2, 0.25) is 0 Å². The lowest BCUT2D eigenvalue weighted by Crippen LogP contribution is -2.29. The quantitative estimate of drug-likeness (QED) is 0.697. The fraction of sp³-hybridized carbons (Fsp3) is 0.923. The Morgan fingerprint density at radius 2 is 1.53 bits per heavy atom. The molecule has 0 aliphatic heterocycles. The van der Waals surface area contributed by atoms with Crippen molar-refractivity contribution in [3.63, 3.8) is 0 Å². The van der Waals surface area contributed by atoms with E-state index in [4.69, 9.17) is 0 Å². The fourth-order valence-corrected chi connectivity index (χ4v) is 4.67. The van der Waals surface area contributed by atoms with Crippen LogP contribution in [0, 0.1) is 11.3 Å². The number of rotatable bonds is 2. The third-order valence-electron chi connectivity index (χ3n) is 3.81. The molecule has 0 heterocycles. The van der Waals surface area contributed by atoms with Gasteiger partial charge in [0.15, 0.2) is 0 Å². The number of nitriles is 1. The second kappa shape index (κ2) is 5.25. The highest BCUT2D eigenvalue weighted by Crippen LogP contribution is 2.44. The third kappa shape index (κ3) is 2.91. The zero-order valence-electron chi connectivity index (χ0n) is 9.50. The summed E-state index contributed by atoms with van der Waals surface area (Å²) in [6.45, 7) is 0. The van der Waals surface area contributed by atoms with E-state index in [-0.39, 0.29) is 4.75 Å². The first kappa shape index (κ1) is 11.3. The Labute approximate surface area is 97.6 Å². The number of thioether (sulfide) groups is 1. The van der Waals surface area contributed by atoms with E-state index in [1.807, 2.05) is 11.8 Å². The van der Waals surface area contributed by atoms with E-state index in [0.29, 0.717) is 0 Å². The highest BCUT2D eigenvalue weighted by atomic mass is 32.2. The molecule has 0 amide bonds. The molecule has 2 aliphatic carbocycles. The van der Waals surface area contributed by atoms with E-state index in [1.165, 1.54) is 51.4 Å². The molecule has 0 atom stereocenters. The zero-order valence-corrected chi connectivity index (χ0v) is 10.3. The van der Waals surface area contributed by atoms with Gasteiger partial charge in [0.2, 0.25) is 0 Å². The lowest BCUT2D eigenvalue weighted by Gasteiger charge is -2.34. The minimum Gasteiger partial charge on any atom is -0.197 e. The van der Waals surface area contributed by atoms with E-state index in [0.717, 1.165) is 18.1 Å². The third-order valence-corrected chi connectivity index (χ3v) is 5.56. The van der Waals surface area contributed by atoms with E-state index < -0.39 is 0 Å². The van der Waals surface area contributed by atoms with Crippen molar-refractivity contribution in [2.45, 2.75) is 74.2 Å². The van der Waals surface area contributed by atoms with Gasteiger partial charge in [-0.1, -0.05) is 38.5 Å². The predicted octanol–water partition coefficient (Wildman–Crippen LogP) is 4.28. The molecule has 2 fully saturated rings. The maximum absolute atomic E-state index is 9.40. The van der Waals surface area contributed by atoms with Gasteiger partial charge < -0.3 is 0 Å². The molecule has 0 bridgehead atoms. The molecule has 15 heavy (non-hydrogen) atoms. The summed E-state index contributed by atoms with van der Waals surface area (Å²) < 4.78 is 0.000255. The van der Waals surface area contributed by atoms with Crippen LogP contribution in [0.1, 0.15) is 64.2 Å². The molecule has 0 unspecified atom stereocenters. The molecular weight excluding hydrogens is 202 g/mol. The van der Waals surface area contributed by atoms with Crippen LogP contribution >= 0.6 is 11.8 Å². The Hall–Kier alpha value is -0.160. The lowest BCUT2D eigenvalue weighted by atomic mass is 9.89. The van der Waals surface area contributed by atoms with Crippen LogP contribution in [0.4, 0.5) is 0 Å². The van der Waals surface area contributed by atoms with Gasteiger partial charge in [-0.05, 0) is 25.7 Å². The average Bonchev–Trinajstić information content (AvgIpc) is 2.32. The van der Waals surface area contributed by atoms with E-state index in [1.54, 1.807) is 0 Å². The Bertz CT molecular complexity index is 231. The van der Waals surface area contributed by atoms with Crippen molar-refractivity contribution in [3.05, 3.63) is 0 Å². The normalized spacial score (nSPS) is 27.1. The highest BCUT2D eigenvalue weighted by Gasteiger charge is 2.35. The Kier molecular flexibility index (Phi) is 3.97. The first-order valence-electron chi connectivity index (χ1n) is 6.44. The highest BCUT2D eigenvalue weighted by molar-refractivity contribution is 8.01. The van der Waals surface area contributed by atoms with Crippen molar-refractivity contribution in [1.82, 2.24) is 0 Å². The SMILES string of the molecule is N#CC1(SC2CCCCC2)CCCCC1. The van der Waals surface area contributed by atoms with Gasteiger partial charge in [-0.15, -0.1) is 11.8 Å². The molecule has 0 aromatic heterocycles. The molecule has 2 heteroatoms. The Morgan fingerprint density at radius 3 is 2.13 bits per heavy atom. The van der Waals surface area contributed by atoms with E-state index >= 15 is 0 Å². The summed E-state index contributed by atoms with van der Waals surface area (Å²) in [5.41, 5.74) is 0. The molecular formula is C13H21NS. The van der Waals surface area contributed by atoms with Gasteiger partial charge in [0.05, 0.1) is 6.07 Å².